The Morgan fingerprint density at radius 1 is 0.872 bits per heavy atom. The Balaban J connectivity index is 1.50. The minimum Gasteiger partial charge on any atom is -0.493 e. The molecule has 0 bridgehead atoms. The van der Waals surface area contributed by atoms with Crippen LogP contribution in [0.3, 0.4) is 0 Å². The van der Waals surface area contributed by atoms with Crippen molar-refractivity contribution >= 4 is 5.65 Å². The largest absolute Gasteiger partial charge is 0.493 e. The van der Waals surface area contributed by atoms with Crippen molar-refractivity contribution in [1.29, 1.82) is 0 Å². The zero-order chi connectivity index (χ0) is 26.5. The van der Waals surface area contributed by atoms with Gasteiger partial charge in [0.15, 0.2) is 23.0 Å². The molecule has 0 aliphatic carbocycles. The third-order valence-electron chi connectivity index (χ3n) is 6.90. The molecule has 0 unspecified atom stereocenters. The molecule has 1 aliphatic heterocycles. The van der Waals surface area contributed by atoms with E-state index < -0.39 is 0 Å². The second-order valence-corrected chi connectivity index (χ2v) is 9.10. The SMILES string of the molecule is COc1ccc([C@H]2c3c(C)nn(-c4ccccc4)c3Oc3ncn4nc(-c5ccncc5)nc4c32)cc1OC. The van der Waals surface area contributed by atoms with Crippen molar-refractivity contribution in [2.45, 2.75) is 12.8 Å². The predicted octanol–water partition coefficient (Wildman–Crippen LogP) is 4.98. The molecule has 39 heavy (non-hydrogen) atoms. The van der Waals surface area contributed by atoms with E-state index in [0.29, 0.717) is 34.7 Å². The molecule has 1 atom stereocenters. The van der Waals surface area contributed by atoms with E-state index in [9.17, 15) is 0 Å². The Kier molecular flexibility index (Phi) is 5.25. The Morgan fingerprint density at radius 2 is 1.67 bits per heavy atom. The summed E-state index contributed by atoms with van der Waals surface area (Å²) >= 11 is 0. The summed E-state index contributed by atoms with van der Waals surface area (Å²) in [6.45, 7) is 1.99. The zero-order valence-electron chi connectivity index (χ0n) is 21.4. The highest BCUT2D eigenvalue weighted by Crippen LogP contribution is 2.50. The fourth-order valence-corrected chi connectivity index (χ4v) is 5.11. The molecule has 5 heterocycles. The van der Waals surface area contributed by atoms with Crippen LogP contribution in [0.4, 0.5) is 0 Å². The van der Waals surface area contributed by atoms with Gasteiger partial charge in [-0.3, -0.25) is 4.98 Å². The van der Waals surface area contributed by atoms with Crippen molar-refractivity contribution in [3.05, 3.63) is 102 Å². The number of aryl methyl sites for hydroxylation is 1. The number of aromatic nitrogens is 7. The van der Waals surface area contributed by atoms with Gasteiger partial charge in [-0.2, -0.15) is 5.10 Å². The van der Waals surface area contributed by atoms with Crippen LogP contribution in [0, 0.1) is 6.92 Å². The summed E-state index contributed by atoms with van der Waals surface area (Å²) in [4.78, 5) is 13.7. The smallest absolute Gasteiger partial charge is 0.230 e. The monoisotopic (exact) mass is 517 g/mol. The molecule has 10 heteroatoms. The highest BCUT2D eigenvalue weighted by molar-refractivity contribution is 5.69. The van der Waals surface area contributed by atoms with Crippen LogP contribution in [-0.2, 0) is 0 Å². The van der Waals surface area contributed by atoms with E-state index in [4.69, 9.17) is 29.4 Å². The van der Waals surface area contributed by atoms with Gasteiger partial charge in [-0.05, 0) is 48.9 Å². The van der Waals surface area contributed by atoms with Crippen molar-refractivity contribution in [3.8, 4) is 40.3 Å². The molecular formula is C29H23N7O3. The summed E-state index contributed by atoms with van der Waals surface area (Å²) in [7, 11) is 3.25. The quantitative estimate of drug-likeness (QED) is 0.315. The van der Waals surface area contributed by atoms with Gasteiger partial charge >= 0.3 is 0 Å². The van der Waals surface area contributed by atoms with Crippen LogP contribution in [0.5, 0.6) is 23.3 Å². The molecule has 2 aromatic carbocycles. The van der Waals surface area contributed by atoms with Gasteiger partial charge in [-0.25, -0.2) is 19.2 Å². The van der Waals surface area contributed by atoms with Crippen LogP contribution >= 0.6 is 0 Å². The first kappa shape index (κ1) is 22.9. The van der Waals surface area contributed by atoms with Crippen molar-refractivity contribution < 1.29 is 14.2 Å². The van der Waals surface area contributed by atoms with Crippen LogP contribution in [-0.4, -0.2) is 48.6 Å². The number of ether oxygens (including phenoxy) is 3. The lowest BCUT2D eigenvalue weighted by Crippen LogP contribution is -2.16. The lowest BCUT2D eigenvalue weighted by Gasteiger charge is -2.26. The minimum absolute atomic E-state index is 0.313. The third-order valence-corrected chi connectivity index (χ3v) is 6.90. The average molecular weight is 518 g/mol. The van der Waals surface area contributed by atoms with E-state index in [-0.39, 0.29) is 5.92 Å². The van der Waals surface area contributed by atoms with Gasteiger partial charge in [0.25, 0.3) is 0 Å². The Labute approximate surface area is 223 Å². The van der Waals surface area contributed by atoms with Gasteiger partial charge in [0, 0.05) is 18.0 Å². The molecule has 0 N–H and O–H groups in total. The van der Waals surface area contributed by atoms with Crippen molar-refractivity contribution in [2.75, 3.05) is 14.2 Å². The zero-order valence-corrected chi connectivity index (χ0v) is 21.4. The lowest BCUT2D eigenvalue weighted by atomic mass is 9.84. The standard InChI is InChI=1S/C29H23N7O3/c1-17-23-24(19-9-10-21(37-2)22(15-19)38-3)25-27-32-26(18-11-13-30-14-12-18)34-35(27)16-31-28(25)39-29(23)36(33-17)20-7-5-4-6-8-20/h4-16,24H,1-3H3/t24-/m0/s1. The number of para-hydroxylation sites is 1. The molecule has 6 aromatic rings. The highest BCUT2D eigenvalue weighted by Gasteiger charge is 2.38. The lowest BCUT2D eigenvalue weighted by molar-refractivity contribution is 0.354. The first-order valence-corrected chi connectivity index (χ1v) is 12.4. The number of pyridine rings is 1. The molecule has 10 nitrogen and oxygen atoms in total. The summed E-state index contributed by atoms with van der Waals surface area (Å²) in [5, 5.41) is 9.59. The second-order valence-electron chi connectivity index (χ2n) is 9.10. The van der Waals surface area contributed by atoms with Crippen LogP contribution < -0.4 is 14.2 Å². The average Bonchev–Trinajstić information content (AvgIpc) is 3.58. The van der Waals surface area contributed by atoms with Crippen LogP contribution in [0.15, 0.2) is 79.4 Å². The summed E-state index contributed by atoms with van der Waals surface area (Å²) in [6, 6.07) is 19.6. The van der Waals surface area contributed by atoms with Crippen molar-refractivity contribution in [1.82, 2.24) is 34.3 Å². The molecule has 0 saturated carbocycles. The first-order chi connectivity index (χ1) is 19.2. The molecule has 4 aromatic heterocycles. The maximum Gasteiger partial charge on any atom is 0.230 e. The van der Waals surface area contributed by atoms with Crippen LogP contribution in [0.25, 0.3) is 22.7 Å². The summed E-state index contributed by atoms with van der Waals surface area (Å²) in [5.41, 5.74) is 5.88. The first-order valence-electron chi connectivity index (χ1n) is 12.4. The van der Waals surface area contributed by atoms with Gasteiger partial charge in [0.2, 0.25) is 11.8 Å². The van der Waals surface area contributed by atoms with Gasteiger partial charge in [0.1, 0.15) is 6.33 Å². The van der Waals surface area contributed by atoms with Crippen LogP contribution in [0.2, 0.25) is 0 Å². The van der Waals surface area contributed by atoms with E-state index in [2.05, 4.69) is 9.97 Å². The van der Waals surface area contributed by atoms with E-state index in [1.807, 2.05) is 72.3 Å². The van der Waals surface area contributed by atoms with Gasteiger partial charge in [-0.1, -0.05) is 24.3 Å². The maximum absolute atomic E-state index is 6.50. The topological polar surface area (TPSA) is 101 Å². The number of benzene rings is 2. The maximum atomic E-state index is 6.50. The van der Waals surface area contributed by atoms with E-state index in [0.717, 1.165) is 33.6 Å². The number of hydrogen-bond acceptors (Lipinski definition) is 8. The molecule has 192 valence electrons. The summed E-state index contributed by atoms with van der Waals surface area (Å²) in [6.07, 6.45) is 5.06. The molecular weight excluding hydrogens is 494 g/mol. The van der Waals surface area contributed by atoms with Gasteiger partial charge in [0.05, 0.1) is 42.6 Å². The molecule has 0 saturated heterocycles. The Morgan fingerprint density at radius 3 is 2.44 bits per heavy atom. The third kappa shape index (κ3) is 3.60. The normalized spacial score (nSPS) is 14.0. The molecule has 0 spiro atoms. The predicted molar refractivity (Wildman–Crippen MR) is 143 cm³/mol. The Bertz CT molecular complexity index is 1830. The molecule has 1 aliphatic rings. The number of rotatable bonds is 5. The molecule has 0 amide bonds. The van der Waals surface area contributed by atoms with Gasteiger partial charge < -0.3 is 14.2 Å². The number of nitrogens with zero attached hydrogens (tertiary/aromatic N) is 7. The summed E-state index contributed by atoms with van der Waals surface area (Å²) < 4.78 is 21.2. The highest BCUT2D eigenvalue weighted by atomic mass is 16.5. The number of hydrogen-bond donors (Lipinski definition) is 0. The van der Waals surface area contributed by atoms with E-state index >= 15 is 0 Å². The fraction of sp³-hybridized carbons (Fsp3) is 0.138. The van der Waals surface area contributed by atoms with Crippen LogP contribution in [0.1, 0.15) is 28.3 Å². The molecule has 7 rings (SSSR count). The second kappa shape index (κ2) is 8.95. The summed E-state index contributed by atoms with van der Waals surface area (Å²) in [5.74, 6) is 2.57. The molecule has 0 fully saturated rings. The van der Waals surface area contributed by atoms with Gasteiger partial charge in [-0.15, -0.1) is 5.10 Å². The fourth-order valence-electron chi connectivity index (χ4n) is 5.11. The number of fused-ring (bicyclic) bond motifs is 4. The number of methoxy groups -OCH3 is 2. The minimum atomic E-state index is -0.313. The van der Waals surface area contributed by atoms with E-state index in [1.165, 1.54) is 0 Å². The van der Waals surface area contributed by atoms with Crippen molar-refractivity contribution in [2.24, 2.45) is 0 Å². The van der Waals surface area contributed by atoms with E-state index in [1.54, 1.807) is 37.5 Å². The van der Waals surface area contributed by atoms with Crippen molar-refractivity contribution in [3.63, 3.8) is 0 Å². The molecule has 0 radical (unpaired) electrons. The Hall–Kier alpha value is -5.25.